The van der Waals surface area contributed by atoms with E-state index in [1.54, 1.807) is 12.1 Å². The van der Waals surface area contributed by atoms with Crippen LogP contribution in [-0.4, -0.2) is 44.3 Å². The van der Waals surface area contributed by atoms with Gasteiger partial charge >= 0.3 is 5.97 Å². The third-order valence-corrected chi connectivity index (χ3v) is 4.36. The van der Waals surface area contributed by atoms with Crippen molar-refractivity contribution in [1.82, 2.24) is 5.32 Å². The van der Waals surface area contributed by atoms with Crippen molar-refractivity contribution in [1.29, 1.82) is 0 Å². The Morgan fingerprint density at radius 3 is 2.52 bits per heavy atom. The van der Waals surface area contributed by atoms with Gasteiger partial charge in [-0.3, -0.25) is 4.79 Å². The molecule has 0 aliphatic carbocycles. The molecule has 0 unspecified atom stereocenters. The monoisotopic (exact) mass is 399 g/mol. The number of benzene rings is 2. The van der Waals surface area contributed by atoms with Crippen LogP contribution < -0.4 is 19.5 Å². The van der Waals surface area contributed by atoms with Gasteiger partial charge in [-0.05, 0) is 35.7 Å². The first kappa shape index (κ1) is 20.5. The van der Waals surface area contributed by atoms with Gasteiger partial charge in [-0.25, -0.2) is 4.79 Å². The van der Waals surface area contributed by atoms with E-state index in [-0.39, 0.29) is 25.9 Å². The van der Waals surface area contributed by atoms with E-state index in [1.807, 2.05) is 36.4 Å². The zero-order valence-corrected chi connectivity index (χ0v) is 16.6. The molecule has 7 heteroatoms. The molecule has 2 aromatic carbocycles. The number of nitrogens with one attached hydrogen (secondary N) is 1. The summed E-state index contributed by atoms with van der Waals surface area (Å²) in [5.74, 6) is 1.30. The molecule has 0 radical (unpaired) electrons. The van der Waals surface area contributed by atoms with Crippen molar-refractivity contribution < 1.29 is 28.5 Å². The van der Waals surface area contributed by atoms with Crippen LogP contribution >= 0.6 is 0 Å². The molecular weight excluding hydrogens is 374 g/mol. The number of carbonyl (C=O) groups excluding carboxylic acids is 2. The van der Waals surface area contributed by atoms with Gasteiger partial charge in [-0.15, -0.1) is 0 Å². The number of ether oxygens (including phenoxy) is 4. The Bertz CT molecular complexity index is 833. The van der Waals surface area contributed by atoms with E-state index in [9.17, 15) is 9.59 Å². The lowest BCUT2D eigenvalue weighted by Gasteiger charge is -2.26. The molecule has 0 fully saturated rings. The molecule has 1 amide bonds. The summed E-state index contributed by atoms with van der Waals surface area (Å²) in [5, 5.41) is 2.67. The summed E-state index contributed by atoms with van der Waals surface area (Å²) in [6, 6.07) is 14.9. The van der Waals surface area contributed by atoms with Crippen molar-refractivity contribution in [2.75, 3.05) is 26.4 Å². The Morgan fingerprint density at radius 2 is 1.79 bits per heavy atom. The number of carbonyl (C=O) groups is 2. The summed E-state index contributed by atoms with van der Waals surface area (Å²) < 4.78 is 21.6. The maximum absolute atomic E-state index is 11.9. The lowest BCUT2D eigenvalue weighted by molar-refractivity contribution is -0.150. The molecule has 0 saturated carbocycles. The van der Waals surface area contributed by atoms with E-state index in [0.717, 1.165) is 0 Å². The van der Waals surface area contributed by atoms with Crippen molar-refractivity contribution in [2.24, 2.45) is 0 Å². The minimum atomic E-state index is -0.612. The number of rotatable bonds is 8. The highest BCUT2D eigenvalue weighted by Gasteiger charge is 2.21. The van der Waals surface area contributed by atoms with Crippen LogP contribution in [0.3, 0.4) is 0 Å². The second-order valence-electron chi connectivity index (χ2n) is 6.97. The zero-order valence-electron chi connectivity index (χ0n) is 16.6. The summed E-state index contributed by atoms with van der Waals surface area (Å²) in [5.41, 5.74) is 1.19. The topological polar surface area (TPSA) is 83.1 Å². The smallest absolute Gasteiger partial charge is 0.344 e. The number of amides is 1. The summed E-state index contributed by atoms with van der Waals surface area (Å²) >= 11 is 0. The fourth-order valence-electron chi connectivity index (χ4n) is 2.72. The van der Waals surface area contributed by atoms with Gasteiger partial charge in [-0.1, -0.05) is 38.1 Å². The summed E-state index contributed by atoms with van der Waals surface area (Å²) in [4.78, 5) is 23.7. The normalized spacial score (nSPS) is 14.9. The molecule has 0 spiro atoms. The SMILES string of the molecule is CC(C)c1ccc(OCC(=O)OCC(=O)NC[C@H]2COc3ccccc3O2)cc1. The molecule has 1 heterocycles. The number of hydrogen-bond donors (Lipinski definition) is 1. The van der Waals surface area contributed by atoms with Crippen molar-refractivity contribution in [2.45, 2.75) is 25.9 Å². The van der Waals surface area contributed by atoms with E-state index in [0.29, 0.717) is 29.8 Å². The van der Waals surface area contributed by atoms with E-state index < -0.39 is 11.9 Å². The van der Waals surface area contributed by atoms with Crippen LogP contribution in [0.5, 0.6) is 17.2 Å². The highest BCUT2D eigenvalue weighted by atomic mass is 16.6. The van der Waals surface area contributed by atoms with E-state index in [2.05, 4.69) is 19.2 Å². The first-order chi connectivity index (χ1) is 14.0. The van der Waals surface area contributed by atoms with Gasteiger partial charge in [-0.2, -0.15) is 0 Å². The van der Waals surface area contributed by atoms with Crippen LogP contribution in [0, 0.1) is 0 Å². The quantitative estimate of drug-likeness (QED) is 0.688. The average molecular weight is 399 g/mol. The van der Waals surface area contributed by atoms with Crippen LogP contribution in [0.2, 0.25) is 0 Å². The Morgan fingerprint density at radius 1 is 1.07 bits per heavy atom. The standard InChI is InChI=1S/C22H25NO6/c1-15(2)16-7-9-17(10-8-16)26-14-22(25)28-13-21(24)23-11-18-12-27-19-5-3-4-6-20(19)29-18/h3-10,15,18H,11-14H2,1-2H3,(H,23,24)/t18-/m0/s1. The number of esters is 1. The molecule has 29 heavy (non-hydrogen) atoms. The molecule has 0 saturated heterocycles. The largest absolute Gasteiger partial charge is 0.486 e. The lowest BCUT2D eigenvalue weighted by Crippen LogP contribution is -2.42. The summed E-state index contributed by atoms with van der Waals surface area (Å²) in [6.45, 7) is 4.16. The minimum absolute atomic E-state index is 0.253. The van der Waals surface area contributed by atoms with Crippen molar-refractivity contribution in [3.05, 3.63) is 54.1 Å². The van der Waals surface area contributed by atoms with Crippen LogP contribution in [0.4, 0.5) is 0 Å². The van der Waals surface area contributed by atoms with E-state index in [4.69, 9.17) is 18.9 Å². The zero-order chi connectivity index (χ0) is 20.6. The molecule has 7 nitrogen and oxygen atoms in total. The predicted molar refractivity (Wildman–Crippen MR) is 106 cm³/mol. The molecule has 0 bridgehead atoms. The Labute approximate surface area is 169 Å². The van der Waals surface area contributed by atoms with Crippen LogP contribution in [-0.2, 0) is 14.3 Å². The molecule has 3 rings (SSSR count). The molecule has 1 aliphatic heterocycles. The molecule has 1 atom stereocenters. The lowest BCUT2D eigenvalue weighted by atomic mass is 10.0. The molecule has 2 aromatic rings. The highest BCUT2D eigenvalue weighted by molar-refractivity contribution is 5.80. The first-order valence-electron chi connectivity index (χ1n) is 9.55. The van der Waals surface area contributed by atoms with Gasteiger partial charge in [0.25, 0.3) is 5.91 Å². The van der Waals surface area contributed by atoms with Crippen LogP contribution in [0.25, 0.3) is 0 Å². The Balaban J connectivity index is 1.32. The number of hydrogen-bond acceptors (Lipinski definition) is 6. The van der Waals surface area contributed by atoms with Crippen LogP contribution in [0.1, 0.15) is 25.3 Å². The Hall–Kier alpha value is -3.22. The van der Waals surface area contributed by atoms with Crippen molar-refractivity contribution in [3.63, 3.8) is 0 Å². The third kappa shape index (κ3) is 6.14. The first-order valence-corrected chi connectivity index (χ1v) is 9.55. The fourth-order valence-corrected chi connectivity index (χ4v) is 2.72. The molecule has 1 N–H and O–H groups in total. The van der Waals surface area contributed by atoms with E-state index >= 15 is 0 Å². The molecular formula is C22H25NO6. The highest BCUT2D eigenvalue weighted by Crippen LogP contribution is 2.30. The fraction of sp³-hybridized carbons (Fsp3) is 0.364. The molecule has 154 valence electrons. The minimum Gasteiger partial charge on any atom is -0.486 e. The van der Waals surface area contributed by atoms with Gasteiger partial charge in [0.15, 0.2) is 24.7 Å². The van der Waals surface area contributed by atoms with Crippen LogP contribution in [0.15, 0.2) is 48.5 Å². The summed E-state index contributed by atoms with van der Waals surface area (Å²) in [7, 11) is 0. The molecule has 1 aliphatic rings. The van der Waals surface area contributed by atoms with Gasteiger partial charge in [0.05, 0.1) is 6.54 Å². The second kappa shape index (κ2) is 9.82. The van der Waals surface area contributed by atoms with Crippen molar-refractivity contribution in [3.8, 4) is 17.2 Å². The van der Waals surface area contributed by atoms with Gasteiger partial charge in [0, 0.05) is 0 Å². The van der Waals surface area contributed by atoms with Crippen molar-refractivity contribution >= 4 is 11.9 Å². The average Bonchev–Trinajstić information content (AvgIpc) is 2.75. The Kier molecular flexibility index (Phi) is 6.94. The third-order valence-electron chi connectivity index (χ3n) is 4.36. The number of fused-ring (bicyclic) bond motifs is 1. The maximum atomic E-state index is 11.9. The van der Waals surface area contributed by atoms with Gasteiger partial charge < -0.3 is 24.3 Å². The predicted octanol–water partition coefficient (Wildman–Crippen LogP) is 2.69. The molecule has 0 aromatic heterocycles. The maximum Gasteiger partial charge on any atom is 0.344 e. The van der Waals surface area contributed by atoms with Gasteiger partial charge in [0.2, 0.25) is 0 Å². The van der Waals surface area contributed by atoms with E-state index in [1.165, 1.54) is 5.56 Å². The second-order valence-corrected chi connectivity index (χ2v) is 6.97. The number of para-hydroxylation sites is 2. The van der Waals surface area contributed by atoms with Gasteiger partial charge in [0.1, 0.15) is 18.5 Å². The summed E-state index contributed by atoms with van der Waals surface area (Å²) in [6.07, 6.45) is -0.304.